The predicted molar refractivity (Wildman–Crippen MR) is 107 cm³/mol. The molecule has 2 aromatic carbocycles. The van der Waals surface area contributed by atoms with E-state index >= 15 is 0 Å². The fourth-order valence-corrected chi connectivity index (χ4v) is 3.17. The van der Waals surface area contributed by atoms with Gasteiger partial charge in [-0.2, -0.15) is 0 Å². The second-order valence-corrected chi connectivity index (χ2v) is 7.12. The summed E-state index contributed by atoms with van der Waals surface area (Å²) in [6.07, 6.45) is 2.29. The summed E-state index contributed by atoms with van der Waals surface area (Å²) in [5.74, 6) is -0.482. The smallest absolute Gasteiger partial charge is 0.247 e. The molecule has 3 aromatic rings. The van der Waals surface area contributed by atoms with Gasteiger partial charge in [0.1, 0.15) is 6.04 Å². The molecule has 1 unspecified atom stereocenters. The maximum Gasteiger partial charge on any atom is 0.247 e. The highest BCUT2D eigenvalue weighted by Gasteiger charge is 2.21. The molecule has 1 heterocycles. The molecule has 26 heavy (non-hydrogen) atoms. The lowest BCUT2D eigenvalue weighted by atomic mass is 10.0. The number of rotatable bonds is 5. The van der Waals surface area contributed by atoms with E-state index in [1.165, 1.54) is 6.92 Å². The Balaban J connectivity index is 1.81. The first-order valence-corrected chi connectivity index (χ1v) is 9.12. The number of hydrogen-bond donors (Lipinski definition) is 3. The van der Waals surface area contributed by atoms with Crippen LogP contribution in [-0.4, -0.2) is 22.8 Å². The Morgan fingerprint density at radius 1 is 1.19 bits per heavy atom. The summed E-state index contributed by atoms with van der Waals surface area (Å²) in [7, 11) is 0. The summed E-state index contributed by atoms with van der Waals surface area (Å²) in [6, 6.07) is 12.8. The van der Waals surface area contributed by atoms with Crippen molar-refractivity contribution in [2.24, 2.45) is 0 Å². The zero-order chi connectivity index (χ0) is 18.7. The van der Waals surface area contributed by atoms with Crippen molar-refractivity contribution < 1.29 is 9.59 Å². The number of aromatic amines is 1. The molecule has 0 fully saturated rings. The van der Waals surface area contributed by atoms with Crippen molar-refractivity contribution in [3.05, 3.63) is 64.3 Å². The summed E-state index contributed by atoms with van der Waals surface area (Å²) >= 11 is 3.45. The zero-order valence-electron chi connectivity index (χ0n) is 14.6. The number of H-pyrrole nitrogens is 1. The molecule has 0 radical (unpaired) electrons. The van der Waals surface area contributed by atoms with Crippen LogP contribution in [0.1, 0.15) is 18.1 Å². The first kappa shape index (κ1) is 18.2. The number of aromatic nitrogens is 1. The number of carbonyl (C=O) groups is 2. The monoisotopic (exact) mass is 413 g/mol. The van der Waals surface area contributed by atoms with Crippen LogP contribution in [0.3, 0.4) is 0 Å². The fourth-order valence-electron chi connectivity index (χ4n) is 2.93. The number of fused-ring (bicyclic) bond motifs is 1. The van der Waals surface area contributed by atoms with Crippen LogP contribution in [0.15, 0.2) is 53.1 Å². The van der Waals surface area contributed by atoms with E-state index in [0.29, 0.717) is 12.1 Å². The van der Waals surface area contributed by atoms with E-state index in [4.69, 9.17) is 0 Å². The Morgan fingerprint density at radius 3 is 2.69 bits per heavy atom. The van der Waals surface area contributed by atoms with Crippen molar-refractivity contribution in [3.63, 3.8) is 0 Å². The van der Waals surface area contributed by atoms with Gasteiger partial charge in [-0.3, -0.25) is 9.59 Å². The lowest BCUT2D eigenvalue weighted by Crippen LogP contribution is -2.44. The second kappa shape index (κ2) is 7.74. The maximum absolute atomic E-state index is 12.8. The van der Waals surface area contributed by atoms with Crippen LogP contribution in [0.4, 0.5) is 5.69 Å². The van der Waals surface area contributed by atoms with E-state index in [9.17, 15) is 9.59 Å². The van der Waals surface area contributed by atoms with Gasteiger partial charge in [-0.05, 0) is 42.3 Å². The molecular formula is C20H20BrN3O2. The molecule has 0 bridgehead atoms. The quantitative estimate of drug-likeness (QED) is 0.592. The molecule has 0 aliphatic rings. The molecule has 0 saturated carbocycles. The molecule has 134 valence electrons. The molecule has 5 nitrogen and oxygen atoms in total. The number of carbonyl (C=O) groups excluding carboxylic acids is 2. The number of para-hydroxylation sites is 1. The third kappa shape index (κ3) is 4.14. The number of halogens is 1. The van der Waals surface area contributed by atoms with Crippen LogP contribution in [0.25, 0.3) is 10.9 Å². The van der Waals surface area contributed by atoms with E-state index in [0.717, 1.165) is 26.5 Å². The van der Waals surface area contributed by atoms with Crippen molar-refractivity contribution in [2.45, 2.75) is 26.3 Å². The predicted octanol–water partition coefficient (Wildman–Crippen LogP) is 3.92. The topological polar surface area (TPSA) is 74.0 Å². The van der Waals surface area contributed by atoms with Gasteiger partial charge in [0.15, 0.2) is 0 Å². The van der Waals surface area contributed by atoms with Crippen LogP contribution < -0.4 is 10.6 Å². The molecule has 3 rings (SSSR count). The molecule has 0 spiro atoms. The van der Waals surface area contributed by atoms with Crippen LogP contribution in [0.2, 0.25) is 0 Å². The lowest BCUT2D eigenvalue weighted by molar-refractivity contribution is -0.125. The van der Waals surface area contributed by atoms with Crippen molar-refractivity contribution in [2.75, 3.05) is 5.32 Å². The van der Waals surface area contributed by atoms with Crippen LogP contribution >= 0.6 is 15.9 Å². The van der Waals surface area contributed by atoms with Gasteiger partial charge in [-0.25, -0.2) is 0 Å². The Labute approximate surface area is 160 Å². The third-order valence-electron chi connectivity index (χ3n) is 4.22. The Bertz CT molecular complexity index is 965. The molecule has 2 amide bonds. The lowest BCUT2D eigenvalue weighted by Gasteiger charge is -2.18. The SMILES string of the molecule is CC(=O)NC(Cc1c[nH]c2ccccc12)C(=O)Nc1ccc(Br)c(C)c1. The van der Waals surface area contributed by atoms with E-state index in [1.807, 2.05) is 55.6 Å². The Hall–Kier alpha value is -2.60. The molecular weight excluding hydrogens is 394 g/mol. The second-order valence-electron chi connectivity index (χ2n) is 6.27. The van der Waals surface area contributed by atoms with Crippen LogP contribution in [0, 0.1) is 6.92 Å². The summed E-state index contributed by atoms with van der Waals surface area (Å²) in [4.78, 5) is 27.6. The van der Waals surface area contributed by atoms with Gasteiger partial charge in [0.25, 0.3) is 0 Å². The van der Waals surface area contributed by atoms with Crippen LogP contribution in [-0.2, 0) is 16.0 Å². The Morgan fingerprint density at radius 2 is 1.96 bits per heavy atom. The summed E-state index contributed by atoms with van der Waals surface area (Å²) in [5, 5.41) is 6.70. The van der Waals surface area contributed by atoms with Crippen molar-refractivity contribution in [1.82, 2.24) is 10.3 Å². The van der Waals surface area contributed by atoms with Gasteiger partial charge in [0.05, 0.1) is 0 Å². The molecule has 0 saturated heterocycles. The van der Waals surface area contributed by atoms with E-state index in [1.54, 1.807) is 0 Å². The minimum atomic E-state index is -0.657. The van der Waals surface area contributed by atoms with Crippen molar-refractivity contribution >= 4 is 44.3 Å². The number of nitrogens with one attached hydrogen (secondary N) is 3. The highest BCUT2D eigenvalue weighted by atomic mass is 79.9. The maximum atomic E-state index is 12.8. The average Bonchev–Trinajstić information content (AvgIpc) is 3.00. The molecule has 0 aliphatic heterocycles. The third-order valence-corrected chi connectivity index (χ3v) is 5.11. The van der Waals surface area contributed by atoms with E-state index < -0.39 is 6.04 Å². The number of aryl methyl sites for hydroxylation is 1. The standard InChI is InChI=1S/C20H20BrN3O2/c1-12-9-15(7-8-17(12)21)24-20(26)19(23-13(2)25)10-14-11-22-18-6-4-3-5-16(14)18/h3-9,11,19,22H,10H2,1-2H3,(H,23,25)(H,24,26). The molecule has 1 aromatic heterocycles. The fraction of sp³-hybridized carbons (Fsp3) is 0.200. The highest BCUT2D eigenvalue weighted by Crippen LogP contribution is 2.22. The van der Waals surface area contributed by atoms with E-state index in [2.05, 4.69) is 31.5 Å². The number of amides is 2. The van der Waals surface area contributed by atoms with Crippen LogP contribution in [0.5, 0.6) is 0 Å². The summed E-state index contributed by atoms with van der Waals surface area (Å²) < 4.78 is 0.979. The molecule has 3 N–H and O–H groups in total. The normalized spacial score (nSPS) is 12.0. The van der Waals surface area contributed by atoms with Gasteiger partial charge in [0, 0.05) is 40.6 Å². The first-order chi connectivity index (χ1) is 12.4. The van der Waals surface area contributed by atoms with Gasteiger partial charge in [-0.1, -0.05) is 34.1 Å². The summed E-state index contributed by atoms with van der Waals surface area (Å²) in [5.41, 5.74) is 3.72. The molecule has 6 heteroatoms. The highest BCUT2D eigenvalue weighted by molar-refractivity contribution is 9.10. The zero-order valence-corrected chi connectivity index (χ0v) is 16.2. The average molecular weight is 414 g/mol. The first-order valence-electron chi connectivity index (χ1n) is 8.33. The molecule has 0 aliphatic carbocycles. The number of hydrogen-bond acceptors (Lipinski definition) is 2. The van der Waals surface area contributed by atoms with Gasteiger partial charge >= 0.3 is 0 Å². The van der Waals surface area contributed by atoms with Gasteiger partial charge < -0.3 is 15.6 Å². The Kier molecular flexibility index (Phi) is 5.42. The van der Waals surface area contributed by atoms with Gasteiger partial charge in [-0.15, -0.1) is 0 Å². The minimum Gasteiger partial charge on any atom is -0.361 e. The summed E-state index contributed by atoms with van der Waals surface area (Å²) in [6.45, 7) is 3.37. The largest absolute Gasteiger partial charge is 0.361 e. The number of benzene rings is 2. The minimum absolute atomic E-state index is 0.239. The van der Waals surface area contributed by atoms with Gasteiger partial charge in [0.2, 0.25) is 11.8 Å². The van der Waals surface area contributed by atoms with Crippen molar-refractivity contribution in [3.8, 4) is 0 Å². The van der Waals surface area contributed by atoms with Crippen molar-refractivity contribution in [1.29, 1.82) is 0 Å². The van der Waals surface area contributed by atoms with E-state index in [-0.39, 0.29) is 11.8 Å². The number of anilines is 1. The molecule has 1 atom stereocenters.